The average Bonchev–Trinajstić information content (AvgIpc) is 2.74. The first kappa shape index (κ1) is 25.0. The van der Waals surface area contributed by atoms with Crippen LogP contribution in [0.1, 0.15) is 43.9 Å². The molecule has 0 radical (unpaired) electrons. The molecular weight excluding hydrogens is 435 g/mol. The SMILES string of the molecule is CCC(C)NC(=O)C(C)N(Cc1ccc(Cl)c(Cl)c1)C(=O)COc1cccc(C)c1C. The van der Waals surface area contributed by atoms with Crippen LogP contribution in [0.25, 0.3) is 0 Å². The predicted molar refractivity (Wildman–Crippen MR) is 126 cm³/mol. The molecule has 0 aliphatic heterocycles. The third kappa shape index (κ3) is 6.88. The van der Waals surface area contributed by atoms with Crippen molar-refractivity contribution in [3.63, 3.8) is 0 Å². The first-order valence-electron chi connectivity index (χ1n) is 10.4. The fraction of sp³-hybridized carbons (Fsp3) is 0.417. The molecule has 0 saturated carbocycles. The molecule has 0 aliphatic rings. The summed E-state index contributed by atoms with van der Waals surface area (Å²) in [7, 11) is 0. The molecule has 0 aromatic heterocycles. The third-order valence-electron chi connectivity index (χ3n) is 5.41. The molecule has 2 amide bonds. The minimum atomic E-state index is -0.682. The summed E-state index contributed by atoms with van der Waals surface area (Å²) in [6.07, 6.45) is 0.801. The summed E-state index contributed by atoms with van der Waals surface area (Å²) in [6, 6.07) is 10.2. The topological polar surface area (TPSA) is 58.6 Å². The van der Waals surface area contributed by atoms with E-state index in [0.717, 1.165) is 23.1 Å². The van der Waals surface area contributed by atoms with Gasteiger partial charge in [0.1, 0.15) is 11.8 Å². The number of hydrogen-bond acceptors (Lipinski definition) is 3. The Kier molecular flexibility index (Phi) is 9.20. The quantitative estimate of drug-likeness (QED) is 0.545. The largest absolute Gasteiger partial charge is 0.483 e. The van der Waals surface area contributed by atoms with Crippen molar-refractivity contribution in [3.8, 4) is 5.75 Å². The lowest BCUT2D eigenvalue weighted by Crippen LogP contribution is -2.50. The van der Waals surface area contributed by atoms with Crippen molar-refractivity contribution in [2.24, 2.45) is 0 Å². The minimum absolute atomic E-state index is 0.0167. The predicted octanol–water partition coefficient (Wildman–Crippen LogP) is 5.32. The number of ether oxygens (including phenoxy) is 1. The van der Waals surface area contributed by atoms with Gasteiger partial charge in [0.2, 0.25) is 5.91 Å². The van der Waals surface area contributed by atoms with Crippen molar-refractivity contribution in [1.82, 2.24) is 10.2 Å². The van der Waals surface area contributed by atoms with Crippen LogP contribution in [0.5, 0.6) is 5.75 Å². The third-order valence-corrected chi connectivity index (χ3v) is 6.15. The molecule has 0 aliphatic carbocycles. The van der Waals surface area contributed by atoms with Crippen LogP contribution in [0.15, 0.2) is 36.4 Å². The molecule has 5 nitrogen and oxygen atoms in total. The van der Waals surface area contributed by atoms with Crippen LogP contribution in [0.3, 0.4) is 0 Å². The van der Waals surface area contributed by atoms with Gasteiger partial charge >= 0.3 is 0 Å². The highest BCUT2D eigenvalue weighted by Gasteiger charge is 2.27. The molecule has 0 fully saturated rings. The number of rotatable bonds is 9. The Balaban J connectivity index is 2.22. The molecule has 2 atom stereocenters. The highest BCUT2D eigenvalue weighted by atomic mass is 35.5. The summed E-state index contributed by atoms with van der Waals surface area (Å²) in [4.78, 5) is 27.4. The molecule has 7 heteroatoms. The molecule has 0 bridgehead atoms. The monoisotopic (exact) mass is 464 g/mol. The zero-order valence-corrected chi connectivity index (χ0v) is 20.2. The second-order valence-corrected chi connectivity index (χ2v) is 8.57. The second-order valence-electron chi connectivity index (χ2n) is 7.75. The lowest BCUT2D eigenvalue weighted by atomic mass is 10.1. The summed E-state index contributed by atoms with van der Waals surface area (Å²) < 4.78 is 5.80. The summed E-state index contributed by atoms with van der Waals surface area (Å²) in [5.74, 6) is 0.146. The molecule has 1 N–H and O–H groups in total. The molecule has 168 valence electrons. The van der Waals surface area contributed by atoms with Gasteiger partial charge in [-0.3, -0.25) is 9.59 Å². The fourth-order valence-electron chi connectivity index (χ4n) is 2.99. The van der Waals surface area contributed by atoms with Crippen molar-refractivity contribution >= 4 is 35.0 Å². The number of carbonyl (C=O) groups is 2. The Hall–Kier alpha value is -2.24. The van der Waals surface area contributed by atoms with Crippen LogP contribution < -0.4 is 10.1 Å². The highest BCUT2D eigenvalue weighted by Crippen LogP contribution is 2.24. The van der Waals surface area contributed by atoms with Gasteiger partial charge in [0.25, 0.3) is 5.91 Å². The normalized spacial score (nSPS) is 12.7. The molecule has 2 rings (SSSR count). The van der Waals surface area contributed by atoms with Gasteiger partial charge in [0.15, 0.2) is 6.61 Å². The fourth-order valence-corrected chi connectivity index (χ4v) is 3.31. The van der Waals surface area contributed by atoms with Gasteiger partial charge < -0.3 is 15.0 Å². The molecule has 2 aromatic carbocycles. The van der Waals surface area contributed by atoms with Crippen LogP contribution in [-0.4, -0.2) is 35.4 Å². The first-order chi connectivity index (χ1) is 14.6. The molecule has 0 saturated heterocycles. The zero-order valence-electron chi connectivity index (χ0n) is 18.7. The van der Waals surface area contributed by atoms with Gasteiger partial charge in [-0.25, -0.2) is 0 Å². The molecule has 0 heterocycles. The van der Waals surface area contributed by atoms with E-state index < -0.39 is 6.04 Å². The van der Waals surface area contributed by atoms with E-state index in [9.17, 15) is 9.59 Å². The molecule has 2 aromatic rings. The molecule has 0 spiro atoms. The lowest BCUT2D eigenvalue weighted by Gasteiger charge is -2.29. The standard InChI is InChI=1S/C24H30Cl2N2O3/c1-6-16(3)27-24(30)18(5)28(13-19-10-11-20(25)21(26)12-19)23(29)14-31-22-9-7-8-15(2)17(22)4/h7-12,16,18H,6,13-14H2,1-5H3,(H,27,30). The van der Waals surface area contributed by atoms with Crippen molar-refractivity contribution in [1.29, 1.82) is 0 Å². The minimum Gasteiger partial charge on any atom is -0.483 e. The van der Waals surface area contributed by atoms with Crippen molar-refractivity contribution in [2.75, 3.05) is 6.61 Å². The highest BCUT2D eigenvalue weighted by molar-refractivity contribution is 6.42. The number of carbonyl (C=O) groups excluding carboxylic acids is 2. The van der Waals surface area contributed by atoms with E-state index in [4.69, 9.17) is 27.9 Å². The van der Waals surface area contributed by atoms with Crippen LogP contribution in [0, 0.1) is 13.8 Å². The number of amides is 2. The Morgan fingerprint density at radius 1 is 1.10 bits per heavy atom. The van der Waals surface area contributed by atoms with Crippen molar-refractivity contribution < 1.29 is 14.3 Å². The van der Waals surface area contributed by atoms with E-state index in [1.807, 2.05) is 45.9 Å². The van der Waals surface area contributed by atoms with Gasteiger partial charge in [-0.05, 0) is 69.0 Å². The number of nitrogens with one attached hydrogen (secondary N) is 1. The van der Waals surface area contributed by atoms with E-state index in [-0.39, 0.29) is 31.0 Å². The van der Waals surface area contributed by atoms with E-state index in [1.165, 1.54) is 4.90 Å². The van der Waals surface area contributed by atoms with Gasteiger partial charge in [-0.2, -0.15) is 0 Å². The maximum absolute atomic E-state index is 13.1. The molecular formula is C24H30Cl2N2O3. The van der Waals surface area contributed by atoms with E-state index >= 15 is 0 Å². The Morgan fingerprint density at radius 2 is 1.81 bits per heavy atom. The Morgan fingerprint density at radius 3 is 2.45 bits per heavy atom. The van der Waals surface area contributed by atoms with E-state index in [1.54, 1.807) is 25.1 Å². The van der Waals surface area contributed by atoms with Gasteiger partial charge in [0.05, 0.1) is 10.0 Å². The van der Waals surface area contributed by atoms with Gasteiger partial charge in [-0.15, -0.1) is 0 Å². The Labute approximate surface area is 194 Å². The van der Waals surface area contributed by atoms with E-state index in [0.29, 0.717) is 15.8 Å². The molecule has 31 heavy (non-hydrogen) atoms. The van der Waals surface area contributed by atoms with Crippen LogP contribution in [0.4, 0.5) is 0 Å². The lowest BCUT2D eigenvalue weighted by molar-refractivity contribution is -0.142. The van der Waals surface area contributed by atoms with Gasteiger partial charge in [0, 0.05) is 12.6 Å². The van der Waals surface area contributed by atoms with E-state index in [2.05, 4.69) is 5.32 Å². The summed E-state index contributed by atoms with van der Waals surface area (Å²) >= 11 is 12.2. The van der Waals surface area contributed by atoms with Crippen LogP contribution in [-0.2, 0) is 16.1 Å². The smallest absolute Gasteiger partial charge is 0.261 e. The number of halogens is 2. The number of benzene rings is 2. The maximum Gasteiger partial charge on any atom is 0.261 e. The van der Waals surface area contributed by atoms with Crippen molar-refractivity contribution in [2.45, 2.75) is 59.7 Å². The average molecular weight is 465 g/mol. The number of hydrogen-bond donors (Lipinski definition) is 1. The second kappa shape index (κ2) is 11.4. The van der Waals surface area contributed by atoms with Crippen molar-refractivity contribution in [3.05, 3.63) is 63.1 Å². The maximum atomic E-state index is 13.1. The molecule has 2 unspecified atom stereocenters. The number of nitrogens with zero attached hydrogens (tertiary/aromatic N) is 1. The zero-order chi connectivity index (χ0) is 23.1. The summed E-state index contributed by atoms with van der Waals surface area (Å²) in [5.41, 5.74) is 2.84. The summed E-state index contributed by atoms with van der Waals surface area (Å²) in [6.45, 7) is 9.61. The number of aryl methyl sites for hydroxylation is 1. The van der Waals surface area contributed by atoms with Gasteiger partial charge in [-0.1, -0.05) is 48.3 Å². The van der Waals surface area contributed by atoms with Crippen LogP contribution in [0.2, 0.25) is 10.0 Å². The first-order valence-corrected chi connectivity index (χ1v) is 11.1. The Bertz CT molecular complexity index is 933. The van der Waals surface area contributed by atoms with Crippen LogP contribution >= 0.6 is 23.2 Å². The summed E-state index contributed by atoms with van der Waals surface area (Å²) in [5, 5.41) is 3.77.